The van der Waals surface area contributed by atoms with E-state index < -0.39 is 17.1 Å². The average molecular weight is 289 g/mol. The van der Waals surface area contributed by atoms with Crippen molar-refractivity contribution in [3.05, 3.63) is 0 Å². The second-order valence-corrected chi connectivity index (χ2v) is 6.46. The number of methoxy groups -OCH3 is 1. The predicted molar refractivity (Wildman–Crippen MR) is 74.4 cm³/mol. The Morgan fingerprint density at radius 2 is 1.90 bits per heavy atom. The first-order chi connectivity index (χ1) is 9.24. The second-order valence-electron chi connectivity index (χ2n) is 6.46. The van der Waals surface area contributed by atoms with E-state index in [4.69, 9.17) is 9.47 Å². The molecule has 1 aliphatic heterocycles. The molecule has 2 N–H and O–H groups in total. The lowest BCUT2D eigenvalue weighted by Gasteiger charge is -2.43. The van der Waals surface area contributed by atoms with Gasteiger partial charge in [0.05, 0.1) is 19.3 Å². The van der Waals surface area contributed by atoms with Crippen molar-refractivity contribution in [1.82, 2.24) is 4.90 Å². The SMILES string of the molecule is COCC(O)C1(CO)CCN(C(=O)OC(C)(C)C)CC1. The van der Waals surface area contributed by atoms with Crippen LogP contribution < -0.4 is 0 Å². The zero-order valence-electron chi connectivity index (χ0n) is 12.9. The number of carbonyl (C=O) groups is 1. The summed E-state index contributed by atoms with van der Waals surface area (Å²) in [6.07, 6.45) is 0.00383. The Morgan fingerprint density at radius 1 is 1.35 bits per heavy atom. The van der Waals surface area contributed by atoms with Gasteiger partial charge in [-0.15, -0.1) is 0 Å². The number of carbonyl (C=O) groups excluding carboxylic acids is 1. The average Bonchev–Trinajstić information content (AvgIpc) is 2.37. The summed E-state index contributed by atoms with van der Waals surface area (Å²) >= 11 is 0. The van der Waals surface area contributed by atoms with Crippen molar-refractivity contribution >= 4 is 6.09 Å². The van der Waals surface area contributed by atoms with E-state index in [1.165, 1.54) is 7.11 Å². The Labute approximate surface area is 120 Å². The summed E-state index contributed by atoms with van der Waals surface area (Å²) in [5.74, 6) is 0. The van der Waals surface area contributed by atoms with Crippen LogP contribution in [0.2, 0.25) is 0 Å². The van der Waals surface area contributed by atoms with Gasteiger partial charge in [-0.1, -0.05) is 0 Å². The lowest BCUT2D eigenvalue weighted by molar-refractivity contribution is -0.0862. The lowest BCUT2D eigenvalue weighted by atomic mass is 9.74. The van der Waals surface area contributed by atoms with Crippen LogP contribution in [0.3, 0.4) is 0 Å². The van der Waals surface area contributed by atoms with Crippen LogP contribution in [0.25, 0.3) is 0 Å². The first-order valence-electron chi connectivity index (χ1n) is 7.00. The monoisotopic (exact) mass is 289 g/mol. The van der Waals surface area contributed by atoms with Crippen LogP contribution >= 0.6 is 0 Å². The van der Waals surface area contributed by atoms with Gasteiger partial charge in [0, 0.05) is 25.6 Å². The normalized spacial score (nSPS) is 20.6. The molecular weight excluding hydrogens is 262 g/mol. The summed E-state index contributed by atoms with van der Waals surface area (Å²) in [6, 6.07) is 0. The Morgan fingerprint density at radius 3 is 2.30 bits per heavy atom. The van der Waals surface area contributed by atoms with Gasteiger partial charge < -0.3 is 24.6 Å². The van der Waals surface area contributed by atoms with Crippen LogP contribution in [0.1, 0.15) is 33.6 Å². The number of hydrogen-bond acceptors (Lipinski definition) is 5. The van der Waals surface area contributed by atoms with Crippen molar-refractivity contribution in [3.8, 4) is 0 Å². The predicted octanol–water partition coefficient (Wildman–Crippen LogP) is 1.00. The quantitative estimate of drug-likeness (QED) is 0.807. The molecule has 0 spiro atoms. The highest BCUT2D eigenvalue weighted by Crippen LogP contribution is 2.35. The molecule has 1 fully saturated rings. The van der Waals surface area contributed by atoms with Gasteiger partial charge in [-0.25, -0.2) is 4.79 Å². The second kappa shape index (κ2) is 6.74. The number of amides is 1. The van der Waals surface area contributed by atoms with Crippen molar-refractivity contribution in [2.45, 2.75) is 45.3 Å². The van der Waals surface area contributed by atoms with Crippen molar-refractivity contribution in [3.63, 3.8) is 0 Å². The van der Waals surface area contributed by atoms with E-state index in [2.05, 4.69) is 0 Å². The van der Waals surface area contributed by atoms with E-state index >= 15 is 0 Å². The van der Waals surface area contributed by atoms with E-state index in [0.29, 0.717) is 25.9 Å². The number of piperidine rings is 1. The van der Waals surface area contributed by atoms with Gasteiger partial charge in [0.2, 0.25) is 0 Å². The summed E-state index contributed by atoms with van der Waals surface area (Å²) in [6.45, 7) is 6.50. The highest BCUT2D eigenvalue weighted by Gasteiger charge is 2.42. The van der Waals surface area contributed by atoms with Crippen LogP contribution in [-0.2, 0) is 9.47 Å². The number of aliphatic hydroxyl groups is 2. The number of aliphatic hydroxyl groups excluding tert-OH is 2. The van der Waals surface area contributed by atoms with Gasteiger partial charge in [0.15, 0.2) is 0 Å². The maximum atomic E-state index is 12.0. The van der Waals surface area contributed by atoms with E-state index in [1.807, 2.05) is 20.8 Å². The molecule has 1 saturated heterocycles. The first-order valence-corrected chi connectivity index (χ1v) is 7.00. The molecule has 1 aliphatic rings. The largest absolute Gasteiger partial charge is 0.444 e. The Bertz CT molecular complexity index is 318. The molecule has 6 nitrogen and oxygen atoms in total. The number of nitrogens with zero attached hydrogens (tertiary/aromatic N) is 1. The van der Waals surface area contributed by atoms with Gasteiger partial charge in [-0.05, 0) is 33.6 Å². The molecular formula is C14H27NO5. The molecule has 1 amide bonds. The highest BCUT2D eigenvalue weighted by atomic mass is 16.6. The number of ether oxygens (including phenoxy) is 2. The minimum atomic E-state index is -0.724. The van der Waals surface area contributed by atoms with Gasteiger partial charge >= 0.3 is 6.09 Å². The Hall–Kier alpha value is -0.850. The molecule has 1 unspecified atom stereocenters. The molecule has 1 heterocycles. The number of hydrogen-bond donors (Lipinski definition) is 2. The highest BCUT2D eigenvalue weighted by molar-refractivity contribution is 5.68. The molecule has 118 valence electrons. The molecule has 0 radical (unpaired) electrons. The summed E-state index contributed by atoms with van der Waals surface area (Å²) < 4.78 is 10.3. The zero-order valence-corrected chi connectivity index (χ0v) is 12.9. The van der Waals surface area contributed by atoms with Gasteiger partial charge in [0.1, 0.15) is 5.60 Å². The third kappa shape index (κ3) is 4.33. The summed E-state index contributed by atoms with van der Waals surface area (Å²) in [5, 5.41) is 19.7. The minimum absolute atomic E-state index is 0.111. The number of likely N-dealkylation sites (tertiary alicyclic amines) is 1. The molecule has 0 saturated carbocycles. The molecule has 0 aromatic heterocycles. The van der Waals surface area contributed by atoms with Crippen LogP contribution in [0.15, 0.2) is 0 Å². The van der Waals surface area contributed by atoms with Crippen LogP contribution in [0.4, 0.5) is 4.79 Å². The maximum Gasteiger partial charge on any atom is 0.410 e. The van der Waals surface area contributed by atoms with Gasteiger partial charge in [0.25, 0.3) is 0 Å². The molecule has 0 aromatic carbocycles. The summed E-state index contributed by atoms with van der Waals surface area (Å²) in [4.78, 5) is 13.6. The third-order valence-electron chi connectivity index (χ3n) is 3.76. The molecule has 0 aromatic rings. The number of rotatable bonds is 4. The zero-order chi connectivity index (χ0) is 15.4. The summed E-state index contributed by atoms with van der Waals surface area (Å²) in [7, 11) is 1.52. The molecule has 0 bridgehead atoms. The van der Waals surface area contributed by atoms with E-state index in [9.17, 15) is 15.0 Å². The topological polar surface area (TPSA) is 79.2 Å². The minimum Gasteiger partial charge on any atom is -0.444 e. The van der Waals surface area contributed by atoms with Crippen LogP contribution in [-0.4, -0.2) is 66.3 Å². The standard InChI is InChI=1S/C14H27NO5/c1-13(2,3)20-12(18)15-7-5-14(10-16,6-8-15)11(17)9-19-4/h11,16-17H,5-10H2,1-4H3. The lowest BCUT2D eigenvalue weighted by Crippen LogP contribution is -2.51. The van der Waals surface area contributed by atoms with Gasteiger partial charge in [-0.2, -0.15) is 0 Å². The molecule has 0 aliphatic carbocycles. The fourth-order valence-electron chi connectivity index (χ4n) is 2.39. The van der Waals surface area contributed by atoms with Crippen LogP contribution in [0, 0.1) is 5.41 Å². The van der Waals surface area contributed by atoms with Crippen molar-refractivity contribution in [2.24, 2.45) is 5.41 Å². The summed E-state index contributed by atoms with van der Waals surface area (Å²) in [5.41, 5.74) is -1.10. The molecule has 1 atom stereocenters. The fraction of sp³-hybridized carbons (Fsp3) is 0.929. The smallest absolute Gasteiger partial charge is 0.410 e. The molecule has 6 heteroatoms. The maximum absolute atomic E-state index is 12.0. The molecule has 20 heavy (non-hydrogen) atoms. The van der Waals surface area contributed by atoms with E-state index in [1.54, 1.807) is 4.90 Å². The van der Waals surface area contributed by atoms with Crippen molar-refractivity contribution in [1.29, 1.82) is 0 Å². The van der Waals surface area contributed by atoms with E-state index in [-0.39, 0.29) is 19.3 Å². The Kier molecular flexibility index (Phi) is 5.79. The first kappa shape index (κ1) is 17.2. The van der Waals surface area contributed by atoms with Crippen molar-refractivity contribution in [2.75, 3.05) is 33.4 Å². The van der Waals surface area contributed by atoms with Gasteiger partial charge in [-0.3, -0.25) is 0 Å². The van der Waals surface area contributed by atoms with Crippen molar-refractivity contribution < 1.29 is 24.5 Å². The van der Waals surface area contributed by atoms with E-state index in [0.717, 1.165) is 0 Å². The van der Waals surface area contributed by atoms with Crippen LogP contribution in [0.5, 0.6) is 0 Å². The fourth-order valence-corrected chi connectivity index (χ4v) is 2.39. The third-order valence-corrected chi connectivity index (χ3v) is 3.76. The molecule has 1 rings (SSSR count). The Balaban J connectivity index is 2.59.